The molecule has 1 N–H and O–H groups in total. The number of nitrogens with one attached hydrogen (secondary N) is 1. The van der Waals surface area contributed by atoms with Crippen LogP contribution in [-0.4, -0.2) is 33.5 Å². The maximum atomic E-state index is 12.8. The molecule has 3 heterocycles. The van der Waals surface area contributed by atoms with Crippen molar-refractivity contribution in [2.24, 2.45) is 5.92 Å². The van der Waals surface area contributed by atoms with E-state index >= 15 is 0 Å². The third-order valence-corrected chi connectivity index (χ3v) is 6.18. The fourth-order valence-electron chi connectivity index (χ4n) is 3.35. The first-order valence-electron chi connectivity index (χ1n) is 9.16. The molecule has 146 valence electrons. The number of anilines is 2. The van der Waals surface area contributed by atoms with E-state index < -0.39 is 0 Å². The van der Waals surface area contributed by atoms with E-state index in [9.17, 15) is 9.59 Å². The number of carbonyl (C=O) groups excluding carboxylic acids is 1. The fraction of sp³-hybridized carbons (Fsp3) is 0.368. The van der Waals surface area contributed by atoms with E-state index in [4.69, 9.17) is 11.6 Å². The highest BCUT2D eigenvalue weighted by Crippen LogP contribution is 2.29. The van der Waals surface area contributed by atoms with E-state index in [0.29, 0.717) is 27.0 Å². The van der Waals surface area contributed by atoms with Crippen molar-refractivity contribution < 1.29 is 4.79 Å². The molecule has 0 spiro atoms. The molecule has 1 aliphatic heterocycles. The van der Waals surface area contributed by atoms with Crippen LogP contribution in [0.3, 0.4) is 0 Å². The molecule has 0 saturated carbocycles. The molecule has 1 atom stereocenters. The zero-order chi connectivity index (χ0) is 19.7. The first-order chi connectivity index (χ1) is 13.5. The number of thiazole rings is 1. The second-order valence-corrected chi connectivity index (χ2v) is 8.43. The Balaban J connectivity index is 1.55. The van der Waals surface area contributed by atoms with Crippen LogP contribution in [0.15, 0.2) is 35.4 Å². The van der Waals surface area contributed by atoms with Crippen LogP contribution in [0.5, 0.6) is 0 Å². The van der Waals surface area contributed by atoms with Gasteiger partial charge < -0.3 is 10.2 Å². The Hall–Kier alpha value is -2.45. The van der Waals surface area contributed by atoms with Crippen molar-refractivity contribution in [3.8, 4) is 0 Å². The predicted molar refractivity (Wildman–Crippen MR) is 112 cm³/mol. The Kier molecular flexibility index (Phi) is 5.32. The lowest BCUT2D eigenvalue weighted by atomic mass is 10.0. The number of hydrogen-bond donors (Lipinski definition) is 1. The number of halogens is 1. The Morgan fingerprint density at radius 1 is 1.39 bits per heavy atom. The van der Waals surface area contributed by atoms with Gasteiger partial charge in [-0.2, -0.15) is 4.98 Å². The molecule has 0 bridgehead atoms. The number of amides is 1. The summed E-state index contributed by atoms with van der Waals surface area (Å²) in [5.74, 6) is 0.268. The van der Waals surface area contributed by atoms with Gasteiger partial charge in [0.1, 0.15) is 17.6 Å². The van der Waals surface area contributed by atoms with E-state index in [1.165, 1.54) is 28.7 Å². The highest BCUT2D eigenvalue weighted by atomic mass is 35.5. The summed E-state index contributed by atoms with van der Waals surface area (Å²) in [5, 5.41) is 3.98. The number of rotatable bonds is 4. The molecule has 1 fully saturated rings. The Labute approximate surface area is 171 Å². The zero-order valence-corrected chi connectivity index (χ0v) is 17.0. The lowest BCUT2D eigenvalue weighted by Gasteiger charge is -2.30. The second kappa shape index (κ2) is 7.89. The van der Waals surface area contributed by atoms with Crippen LogP contribution in [0.2, 0.25) is 5.02 Å². The smallest absolute Gasteiger partial charge is 0.273 e. The molecular formula is C19H20ClN5O2S. The van der Waals surface area contributed by atoms with Crippen LogP contribution < -0.4 is 15.8 Å². The molecule has 3 aromatic rings. The third-order valence-electron chi connectivity index (χ3n) is 4.76. The lowest BCUT2D eigenvalue weighted by molar-refractivity contribution is -0.116. The number of para-hydroxylation sites is 1. The number of fused-ring (bicyclic) bond motifs is 1. The van der Waals surface area contributed by atoms with Crippen molar-refractivity contribution >= 4 is 50.0 Å². The topological polar surface area (TPSA) is 80.1 Å². The lowest BCUT2D eigenvalue weighted by Crippen LogP contribution is -2.34. The highest BCUT2D eigenvalue weighted by Gasteiger charge is 2.21. The molecule has 1 aromatic carbocycles. The molecule has 0 radical (unpaired) electrons. The standard InChI is InChI=1S/C19H20ClN5O2S/c1-12-5-4-8-24(9-12)19-23-17-16(28-19)18(27)25(11-21-17)10-15(26)22-14-7-3-2-6-13(14)20/h2-3,6-7,11-12H,4-5,8-10H2,1H3,(H,22,26)/t12-/m1/s1. The summed E-state index contributed by atoms with van der Waals surface area (Å²) in [6.07, 6.45) is 3.71. The summed E-state index contributed by atoms with van der Waals surface area (Å²) in [6, 6.07) is 6.96. The van der Waals surface area contributed by atoms with Crippen LogP contribution in [0.4, 0.5) is 10.8 Å². The van der Waals surface area contributed by atoms with E-state index in [0.717, 1.165) is 24.6 Å². The molecule has 7 nitrogen and oxygen atoms in total. The van der Waals surface area contributed by atoms with Crippen LogP contribution >= 0.6 is 22.9 Å². The van der Waals surface area contributed by atoms with Crippen molar-refractivity contribution in [2.75, 3.05) is 23.3 Å². The summed E-state index contributed by atoms with van der Waals surface area (Å²) in [5.41, 5.74) is 0.689. The molecule has 9 heteroatoms. The summed E-state index contributed by atoms with van der Waals surface area (Å²) >= 11 is 7.41. The van der Waals surface area contributed by atoms with Gasteiger partial charge in [-0.15, -0.1) is 0 Å². The summed E-state index contributed by atoms with van der Waals surface area (Å²) < 4.78 is 1.77. The Bertz CT molecular complexity index is 1080. The van der Waals surface area contributed by atoms with Gasteiger partial charge in [-0.25, -0.2) is 4.98 Å². The monoisotopic (exact) mass is 417 g/mol. The minimum absolute atomic E-state index is 0.138. The maximum Gasteiger partial charge on any atom is 0.273 e. The molecule has 0 aliphatic carbocycles. The number of hydrogen-bond acceptors (Lipinski definition) is 6. The molecule has 0 unspecified atom stereocenters. The number of carbonyl (C=O) groups is 1. The average Bonchev–Trinajstić information content (AvgIpc) is 3.11. The fourth-order valence-corrected chi connectivity index (χ4v) is 4.54. The van der Waals surface area contributed by atoms with E-state index in [1.54, 1.807) is 24.3 Å². The highest BCUT2D eigenvalue weighted by molar-refractivity contribution is 7.22. The number of nitrogens with zero attached hydrogens (tertiary/aromatic N) is 4. The summed E-state index contributed by atoms with van der Waals surface area (Å²) in [4.78, 5) is 36.2. The van der Waals surface area contributed by atoms with Crippen molar-refractivity contribution in [1.29, 1.82) is 0 Å². The van der Waals surface area contributed by atoms with Crippen LogP contribution in [-0.2, 0) is 11.3 Å². The van der Waals surface area contributed by atoms with Gasteiger partial charge in [0.25, 0.3) is 5.56 Å². The Morgan fingerprint density at radius 3 is 3.00 bits per heavy atom. The molecule has 1 saturated heterocycles. The van der Waals surface area contributed by atoms with E-state index in [1.807, 2.05) is 0 Å². The quantitative estimate of drug-likeness (QED) is 0.703. The van der Waals surface area contributed by atoms with E-state index in [-0.39, 0.29) is 18.0 Å². The SMILES string of the molecule is C[C@@H]1CCCN(c2nc3ncn(CC(=O)Nc4ccccc4Cl)c(=O)c3s2)C1. The largest absolute Gasteiger partial charge is 0.348 e. The van der Waals surface area contributed by atoms with Gasteiger partial charge >= 0.3 is 0 Å². The normalized spacial score (nSPS) is 17.1. The minimum atomic E-state index is -0.342. The first kappa shape index (κ1) is 18.9. The van der Waals surface area contributed by atoms with Gasteiger partial charge in [0, 0.05) is 13.1 Å². The van der Waals surface area contributed by atoms with Gasteiger partial charge in [0.15, 0.2) is 10.8 Å². The number of piperidine rings is 1. The first-order valence-corrected chi connectivity index (χ1v) is 10.4. The second-order valence-electron chi connectivity index (χ2n) is 7.05. The molecular weight excluding hydrogens is 398 g/mol. The molecule has 2 aromatic heterocycles. The average molecular weight is 418 g/mol. The third kappa shape index (κ3) is 3.88. The number of aromatic nitrogens is 3. The number of benzene rings is 1. The minimum Gasteiger partial charge on any atom is -0.348 e. The van der Waals surface area contributed by atoms with Crippen molar-refractivity contribution in [3.63, 3.8) is 0 Å². The van der Waals surface area contributed by atoms with Crippen LogP contribution in [0, 0.1) is 5.92 Å². The van der Waals surface area contributed by atoms with Gasteiger partial charge in [-0.1, -0.05) is 42.0 Å². The summed E-state index contributed by atoms with van der Waals surface area (Å²) in [6.45, 7) is 3.97. The van der Waals surface area contributed by atoms with Gasteiger partial charge in [0.2, 0.25) is 5.91 Å². The van der Waals surface area contributed by atoms with Gasteiger partial charge in [-0.3, -0.25) is 14.2 Å². The molecule has 4 rings (SSSR count). The van der Waals surface area contributed by atoms with Crippen molar-refractivity contribution in [3.05, 3.63) is 46.0 Å². The van der Waals surface area contributed by atoms with Crippen molar-refractivity contribution in [1.82, 2.24) is 14.5 Å². The zero-order valence-electron chi connectivity index (χ0n) is 15.4. The molecule has 1 amide bonds. The molecule has 28 heavy (non-hydrogen) atoms. The van der Waals surface area contributed by atoms with Crippen LogP contribution in [0.1, 0.15) is 19.8 Å². The van der Waals surface area contributed by atoms with Crippen LogP contribution in [0.25, 0.3) is 10.3 Å². The van der Waals surface area contributed by atoms with E-state index in [2.05, 4.69) is 27.1 Å². The van der Waals surface area contributed by atoms with Gasteiger partial charge in [-0.05, 0) is 30.9 Å². The predicted octanol–water partition coefficient (Wildman–Crippen LogP) is 3.38. The van der Waals surface area contributed by atoms with Gasteiger partial charge in [0.05, 0.1) is 10.7 Å². The Morgan fingerprint density at radius 2 is 2.21 bits per heavy atom. The molecule has 1 aliphatic rings. The maximum absolute atomic E-state index is 12.8. The van der Waals surface area contributed by atoms with Crippen molar-refractivity contribution in [2.45, 2.75) is 26.3 Å². The summed E-state index contributed by atoms with van der Waals surface area (Å²) in [7, 11) is 0.